The van der Waals surface area contributed by atoms with Gasteiger partial charge >= 0.3 is 0 Å². The van der Waals surface area contributed by atoms with Crippen molar-refractivity contribution >= 4 is 35.1 Å². The van der Waals surface area contributed by atoms with Gasteiger partial charge in [-0.1, -0.05) is 48.0 Å². The highest BCUT2D eigenvalue weighted by molar-refractivity contribution is 6.31. The van der Waals surface area contributed by atoms with Gasteiger partial charge in [-0.3, -0.25) is 9.69 Å². The minimum Gasteiger partial charge on any atom is -0.354 e. The Morgan fingerprint density at radius 3 is 2.50 bits per heavy atom. The van der Waals surface area contributed by atoms with Crippen molar-refractivity contribution in [1.29, 1.82) is 0 Å². The smallest absolute Gasteiger partial charge is 0.289 e. The number of hydrogen-bond acceptors (Lipinski definition) is 5. The molecule has 3 aromatic rings. The summed E-state index contributed by atoms with van der Waals surface area (Å²) in [5.74, 6) is 0.0341. The molecule has 1 fully saturated rings. The van der Waals surface area contributed by atoms with Gasteiger partial charge in [0.05, 0.1) is 11.9 Å². The molecular formula is C25H26ClN5O. The van der Waals surface area contributed by atoms with E-state index in [-0.39, 0.29) is 5.91 Å². The van der Waals surface area contributed by atoms with Gasteiger partial charge in [0.15, 0.2) is 0 Å². The average molecular weight is 448 g/mol. The second-order valence-electron chi connectivity index (χ2n) is 7.85. The maximum Gasteiger partial charge on any atom is 0.289 e. The standard InChI is InChI=1S/C25H26ClN5O/c26-23-9-5-4-6-20(23)18-31-14-12-19(13-15-31)16-28-30-25(32)24-11-10-22(17-27-24)29-21-7-2-1-3-8-21/h1-11,16-17,19,29H,12-15,18H2,(H,30,32)/b28-16+. The van der Waals surface area contributed by atoms with Crippen LogP contribution in [-0.4, -0.2) is 35.1 Å². The molecule has 4 rings (SSSR count). The van der Waals surface area contributed by atoms with Gasteiger partial charge in [-0.05, 0) is 67.7 Å². The molecule has 0 bridgehead atoms. The highest BCUT2D eigenvalue weighted by atomic mass is 35.5. The van der Waals surface area contributed by atoms with Crippen molar-refractivity contribution in [2.24, 2.45) is 11.0 Å². The number of hydrazone groups is 1. The summed E-state index contributed by atoms with van der Waals surface area (Å²) < 4.78 is 0. The van der Waals surface area contributed by atoms with Crippen LogP contribution < -0.4 is 10.7 Å². The van der Waals surface area contributed by atoms with Crippen LogP contribution in [0.2, 0.25) is 5.02 Å². The Hall–Kier alpha value is -3.22. The van der Waals surface area contributed by atoms with Gasteiger partial charge < -0.3 is 5.32 Å². The molecule has 0 atom stereocenters. The summed E-state index contributed by atoms with van der Waals surface area (Å²) in [5, 5.41) is 8.22. The molecule has 1 aromatic heterocycles. The number of hydrogen-bond donors (Lipinski definition) is 2. The van der Waals surface area contributed by atoms with E-state index in [1.54, 1.807) is 12.3 Å². The van der Waals surface area contributed by atoms with E-state index in [0.717, 1.165) is 54.4 Å². The van der Waals surface area contributed by atoms with Gasteiger partial charge in [-0.15, -0.1) is 0 Å². The van der Waals surface area contributed by atoms with E-state index < -0.39 is 0 Å². The van der Waals surface area contributed by atoms with E-state index >= 15 is 0 Å². The van der Waals surface area contributed by atoms with Gasteiger partial charge in [-0.2, -0.15) is 5.10 Å². The van der Waals surface area contributed by atoms with Crippen LogP contribution in [0.15, 0.2) is 78.0 Å². The fraction of sp³-hybridized carbons (Fsp3) is 0.240. The Balaban J connectivity index is 1.21. The van der Waals surface area contributed by atoms with Gasteiger partial charge in [0.2, 0.25) is 0 Å². The molecule has 32 heavy (non-hydrogen) atoms. The van der Waals surface area contributed by atoms with Crippen LogP contribution in [0.4, 0.5) is 11.4 Å². The highest BCUT2D eigenvalue weighted by Crippen LogP contribution is 2.21. The lowest BCUT2D eigenvalue weighted by atomic mass is 9.98. The Morgan fingerprint density at radius 1 is 1.03 bits per heavy atom. The number of aromatic nitrogens is 1. The number of nitrogens with one attached hydrogen (secondary N) is 2. The molecule has 1 aliphatic rings. The zero-order chi connectivity index (χ0) is 22.2. The van der Waals surface area contributed by atoms with Crippen LogP contribution in [0.5, 0.6) is 0 Å². The monoisotopic (exact) mass is 447 g/mol. The summed E-state index contributed by atoms with van der Waals surface area (Å²) in [5.41, 5.74) is 5.86. The summed E-state index contributed by atoms with van der Waals surface area (Å²) in [6.45, 7) is 2.82. The maximum absolute atomic E-state index is 12.3. The van der Waals surface area contributed by atoms with Crippen LogP contribution in [0.3, 0.4) is 0 Å². The first-order chi connectivity index (χ1) is 15.7. The summed E-state index contributed by atoms with van der Waals surface area (Å²) >= 11 is 6.27. The van der Waals surface area contributed by atoms with E-state index in [1.807, 2.05) is 60.8 Å². The van der Waals surface area contributed by atoms with Crippen molar-refractivity contribution in [1.82, 2.24) is 15.3 Å². The molecule has 0 unspecified atom stereocenters. The molecule has 0 spiro atoms. The molecule has 6 nitrogen and oxygen atoms in total. The third-order valence-electron chi connectivity index (χ3n) is 5.49. The molecular weight excluding hydrogens is 422 g/mol. The zero-order valence-electron chi connectivity index (χ0n) is 17.7. The van der Waals surface area contributed by atoms with Crippen molar-refractivity contribution in [2.75, 3.05) is 18.4 Å². The normalized spacial score (nSPS) is 15.0. The van der Waals surface area contributed by atoms with E-state index in [4.69, 9.17) is 11.6 Å². The Morgan fingerprint density at radius 2 is 1.78 bits per heavy atom. The van der Waals surface area contributed by atoms with Gasteiger partial charge in [-0.25, -0.2) is 10.4 Å². The first kappa shape index (κ1) is 22.0. The summed E-state index contributed by atoms with van der Waals surface area (Å²) in [4.78, 5) is 18.9. The molecule has 1 aliphatic heterocycles. The van der Waals surface area contributed by atoms with E-state index in [9.17, 15) is 4.79 Å². The number of pyridine rings is 1. The van der Waals surface area contributed by atoms with Crippen molar-refractivity contribution in [2.45, 2.75) is 19.4 Å². The van der Waals surface area contributed by atoms with Crippen molar-refractivity contribution in [3.05, 3.63) is 89.2 Å². The van der Waals surface area contributed by atoms with E-state index in [2.05, 4.69) is 31.8 Å². The fourth-order valence-corrected chi connectivity index (χ4v) is 3.87. The lowest BCUT2D eigenvalue weighted by Gasteiger charge is -2.30. The number of rotatable bonds is 7. The van der Waals surface area contributed by atoms with Crippen LogP contribution in [0.1, 0.15) is 28.9 Å². The largest absolute Gasteiger partial charge is 0.354 e. The predicted octanol–water partition coefficient (Wildman–Crippen LogP) is 5.11. The molecule has 0 aliphatic carbocycles. The van der Waals surface area contributed by atoms with Crippen molar-refractivity contribution in [3.63, 3.8) is 0 Å². The van der Waals surface area contributed by atoms with Crippen LogP contribution >= 0.6 is 11.6 Å². The zero-order valence-corrected chi connectivity index (χ0v) is 18.5. The van der Waals surface area contributed by atoms with Crippen molar-refractivity contribution in [3.8, 4) is 0 Å². The Bertz CT molecular complexity index is 1050. The SMILES string of the molecule is O=C(N/N=C/C1CCN(Cc2ccccc2Cl)CC1)c1ccc(Nc2ccccc2)cn1. The minimum absolute atomic E-state index is 0.316. The van der Waals surface area contributed by atoms with Crippen LogP contribution in [0, 0.1) is 5.92 Å². The molecule has 164 valence electrons. The number of para-hydroxylation sites is 1. The quantitative estimate of drug-likeness (QED) is 0.390. The van der Waals surface area contributed by atoms with Crippen LogP contribution in [-0.2, 0) is 6.54 Å². The number of carbonyl (C=O) groups excluding carboxylic acids is 1. The third kappa shape index (κ3) is 6.15. The molecule has 2 N–H and O–H groups in total. The lowest BCUT2D eigenvalue weighted by molar-refractivity contribution is 0.0950. The first-order valence-electron chi connectivity index (χ1n) is 10.7. The predicted molar refractivity (Wildman–Crippen MR) is 129 cm³/mol. The number of likely N-dealkylation sites (tertiary alicyclic amines) is 1. The topological polar surface area (TPSA) is 69.6 Å². The average Bonchev–Trinajstić information content (AvgIpc) is 2.83. The fourth-order valence-electron chi connectivity index (χ4n) is 3.68. The second kappa shape index (κ2) is 10.9. The number of amides is 1. The molecule has 0 saturated carbocycles. The van der Waals surface area contributed by atoms with Gasteiger partial charge in [0, 0.05) is 23.5 Å². The molecule has 0 radical (unpaired) electrons. The molecule has 1 saturated heterocycles. The molecule has 1 amide bonds. The minimum atomic E-state index is -0.316. The molecule has 2 heterocycles. The number of piperidine rings is 1. The second-order valence-corrected chi connectivity index (χ2v) is 8.25. The van der Waals surface area contributed by atoms with Gasteiger partial charge in [0.25, 0.3) is 5.91 Å². The number of anilines is 2. The number of halogens is 1. The van der Waals surface area contributed by atoms with E-state index in [0.29, 0.717) is 11.6 Å². The Kier molecular flexibility index (Phi) is 7.48. The number of nitrogens with zero attached hydrogens (tertiary/aromatic N) is 3. The number of benzene rings is 2. The lowest BCUT2D eigenvalue weighted by Crippen LogP contribution is -2.34. The summed E-state index contributed by atoms with van der Waals surface area (Å²) in [6, 6.07) is 21.3. The molecule has 7 heteroatoms. The first-order valence-corrected chi connectivity index (χ1v) is 11.1. The Labute approximate surface area is 193 Å². The van der Waals surface area contributed by atoms with E-state index in [1.165, 1.54) is 0 Å². The van der Waals surface area contributed by atoms with Crippen LogP contribution in [0.25, 0.3) is 0 Å². The highest BCUT2D eigenvalue weighted by Gasteiger charge is 2.18. The maximum atomic E-state index is 12.3. The third-order valence-corrected chi connectivity index (χ3v) is 5.86. The summed E-state index contributed by atoms with van der Waals surface area (Å²) in [6.07, 6.45) is 5.49. The summed E-state index contributed by atoms with van der Waals surface area (Å²) in [7, 11) is 0. The number of carbonyl (C=O) groups is 1. The van der Waals surface area contributed by atoms with Gasteiger partial charge in [0.1, 0.15) is 5.69 Å². The van der Waals surface area contributed by atoms with Crippen molar-refractivity contribution < 1.29 is 4.79 Å². The molecule has 2 aromatic carbocycles.